The van der Waals surface area contributed by atoms with Gasteiger partial charge in [-0.1, -0.05) is 104 Å². The number of benzene rings is 3. The maximum absolute atomic E-state index is 14.4. The molecule has 206 valence electrons. The highest BCUT2D eigenvalue weighted by molar-refractivity contribution is 8.01. The standard InChI is InChI=1S/C32H36N4O2SSi/c1-30(2,3)36-28(38)32(40(5)6,26(37)27-33-22-35(4)34-27)29(36)39-31(23-16-10-7-11-17-23,24-18-12-8-13-19-24)25-20-14-9-15-21-25/h7-22,29,40H,1-6H3. The average molecular weight is 569 g/mol. The largest absolute Gasteiger partial charge is 0.324 e. The molecule has 2 heterocycles. The van der Waals surface area contributed by atoms with Crippen molar-refractivity contribution < 1.29 is 9.59 Å². The fourth-order valence-corrected chi connectivity index (χ4v) is 11.0. The second-order valence-electron chi connectivity index (χ2n) is 11.7. The number of aromatic nitrogens is 3. The minimum Gasteiger partial charge on any atom is -0.324 e. The summed E-state index contributed by atoms with van der Waals surface area (Å²) in [6.45, 7) is 10.3. The van der Waals surface area contributed by atoms with E-state index in [-0.39, 0.29) is 17.5 Å². The number of Topliss-reactive ketones (excluding diaryl/α,β-unsaturated/α-hetero) is 1. The van der Waals surface area contributed by atoms with Gasteiger partial charge in [0, 0.05) is 12.6 Å². The van der Waals surface area contributed by atoms with Crippen LogP contribution >= 0.6 is 11.8 Å². The van der Waals surface area contributed by atoms with Crippen LogP contribution in [0, 0.1) is 0 Å². The Morgan fingerprint density at radius 3 is 1.65 bits per heavy atom. The van der Waals surface area contributed by atoms with E-state index in [2.05, 4.69) is 96.0 Å². The Morgan fingerprint density at radius 2 is 1.30 bits per heavy atom. The molecule has 1 aromatic heterocycles. The lowest BCUT2D eigenvalue weighted by molar-refractivity contribution is -0.153. The SMILES string of the molecule is Cn1cnc(C(=O)C2([SiH](C)C)C(=O)N(C(C)(C)C)C2SC(c2ccccc2)(c2ccccc2)c2ccccc2)n1. The first kappa shape index (κ1) is 28.1. The molecule has 2 unspecified atom stereocenters. The maximum atomic E-state index is 14.4. The van der Waals surface area contributed by atoms with Crippen molar-refractivity contribution in [1.82, 2.24) is 19.7 Å². The molecular formula is C32H36N4O2SSi. The van der Waals surface area contributed by atoms with Crippen LogP contribution in [0.25, 0.3) is 0 Å². The Labute approximate surface area is 242 Å². The van der Waals surface area contributed by atoms with E-state index < -0.39 is 29.5 Å². The number of amides is 1. The molecule has 4 aromatic rings. The van der Waals surface area contributed by atoms with Crippen LogP contribution in [0.4, 0.5) is 0 Å². The van der Waals surface area contributed by atoms with Gasteiger partial charge in [0.2, 0.25) is 17.5 Å². The molecule has 8 heteroatoms. The highest BCUT2D eigenvalue weighted by atomic mass is 32.2. The van der Waals surface area contributed by atoms with Gasteiger partial charge in [-0.05, 0) is 37.5 Å². The number of carbonyl (C=O) groups excluding carboxylic acids is 2. The highest BCUT2D eigenvalue weighted by Gasteiger charge is 2.71. The third kappa shape index (κ3) is 4.34. The normalized spacial score (nSPS) is 19.5. The highest BCUT2D eigenvalue weighted by Crippen LogP contribution is 2.63. The summed E-state index contributed by atoms with van der Waals surface area (Å²) in [5.41, 5.74) is 2.78. The van der Waals surface area contributed by atoms with Gasteiger partial charge in [0.05, 0.1) is 18.9 Å². The number of rotatable bonds is 8. The van der Waals surface area contributed by atoms with Crippen molar-refractivity contribution in [2.75, 3.05) is 0 Å². The van der Waals surface area contributed by atoms with Gasteiger partial charge in [0.15, 0.2) is 0 Å². The molecule has 0 saturated carbocycles. The van der Waals surface area contributed by atoms with E-state index in [1.807, 2.05) is 43.9 Å². The number of thioether (sulfide) groups is 1. The molecule has 1 amide bonds. The van der Waals surface area contributed by atoms with Crippen LogP contribution in [-0.4, -0.2) is 51.1 Å². The number of ketones is 1. The zero-order valence-corrected chi connectivity index (χ0v) is 25.9. The molecule has 0 N–H and O–H groups in total. The summed E-state index contributed by atoms with van der Waals surface area (Å²) in [4.78, 5) is 35.0. The van der Waals surface area contributed by atoms with Gasteiger partial charge in [-0.3, -0.25) is 14.3 Å². The number of nitrogens with zero attached hydrogens (tertiary/aromatic N) is 4. The molecule has 2 atom stereocenters. The van der Waals surface area contributed by atoms with Crippen LogP contribution in [-0.2, 0) is 16.6 Å². The van der Waals surface area contributed by atoms with E-state index in [4.69, 9.17) is 0 Å². The molecule has 1 aliphatic rings. The summed E-state index contributed by atoms with van der Waals surface area (Å²) in [5.74, 6) is -0.263. The molecule has 1 aliphatic heterocycles. The van der Waals surface area contributed by atoms with Crippen molar-refractivity contribution in [3.05, 3.63) is 120 Å². The number of aryl methyl sites for hydroxylation is 1. The Bertz CT molecular complexity index is 1410. The summed E-state index contributed by atoms with van der Waals surface area (Å²) < 4.78 is 0.836. The van der Waals surface area contributed by atoms with E-state index in [9.17, 15) is 9.59 Å². The lowest BCUT2D eigenvalue weighted by Crippen LogP contribution is -2.75. The van der Waals surface area contributed by atoms with Gasteiger partial charge >= 0.3 is 0 Å². The van der Waals surface area contributed by atoms with Gasteiger partial charge in [-0.2, -0.15) is 0 Å². The first-order valence-electron chi connectivity index (χ1n) is 13.6. The number of β-lactam (4-membered cyclic amide) rings is 1. The minimum atomic E-state index is -1.98. The average Bonchev–Trinajstić information content (AvgIpc) is 3.38. The third-order valence-corrected chi connectivity index (χ3v) is 12.6. The Morgan fingerprint density at radius 1 is 0.850 bits per heavy atom. The maximum Gasteiger partial charge on any atom is 0.237 e. The summed E-state index contributed by atoms with van der Waals surface area (Å²) >= 11 is 1.70. The van der Waals surface area contributed by atoms with Gasteiger partial charge in [0.25, 0.3) is 0 Å². The van der Waals surface area contributed by atoms with Gasteiger partial charge in [-0.25, -0.2) is 4.98 Å². The predicted molar refractivity (Wildman–Crippen MR) is 164 cm³/mol. The molecule has 0 aliphatic carbocycles. The van der Waals surface area contributed by atoms with Crippen LogP contribution in [0.5, 0.6) is 0 Å². The van der Waals surface area contributed by atoms with Crippen LogP contribution in [0.2, 0.25) is 18.1 Å². The van der Waals surface area contributed by atoms with E-state index >= 15 is 0 Å². The van der Waals surface area contributed by atoms with Crippen molar-refractivity contribution in [2.45, 2.75) is 54.6 Å². The first-order valence-corrected chi connectivity index (χ1v) is 17.4. The topological polar surface area (TPSA) is 68.1 Å². The van der Waals surface area contributed by atoms with Crippen molar-refractivity contribution in [2.24, 2.45) is 7.05 Å². The second-order valence-corrected chi connectivity index (χ2v) is 16.2. The van der Waals surface area contributed by atoms with Crippen molar-refractivity contribution in [3.8, 4) is 0 Å². The monoisotopic (exact) mass is 568 g/mol. The lowest BCUT2D eigenvalue weighted by Gasteiger charge is -2.62. The number of carbonyl (C=O) groups is 2. The molecule has 6 nitrogen and oxygen atoms in total. The van der Waals surface area contributed by atoms with Crippen LogP contribution in [0.15, 0.2) is 97.3 Å². The van der Waals surface area contributed by atoms with Crippen LogP contribution < -0.4 is 0 Å². The lowest BCUT2D eigenvalue weighted by atomic mass is 9.84. The third-order valence-electron chi connectivity index (χ3n) is 7.84. The van der Waals surface area contributed by atoms with Gasteiger partial charge in [-0.15, -0.1) is 16.9 Å². The molecule has 0 bridgehead atoms. The molecule has 5 rings (SSSR count). The van der Waals surface area contributed by atoms with Crippen molar-refractivity contribution in [1.29, 1.82) is 0 Å². The molecule has 40 heavy (non-hydrogen) atoms. The zero-order valence-electron chi connectivity index (χ0n) is 23.9. The summed E-state index contributed by atoms with van der Waals surface area (Å²) in [6, 6.07) is 31.2. The summed E-state index contributed by atoms with van der Waals surface area (Å²) in [7, 11) is -0.239. The smallest absolute Gasteiger partial charge is 0.237 e. The molecule has 3 aromatic carbocycles. The molecule has 1 saturated heterocycles. The van der Waals surface area contributed by atoms with E-state index in [1.54, 1.807) is 18.8 Å². The quantitative estimate of drug-likeness (QED) is 0.0868. The predicted octanol–water partition coefficient (Wildman–Crippen LogP) is 5.92. The number of hydrogen-bond acceptors (Lipinski definition) is 5. The molecule has 1 fully saturated rings. The Hall–Kier alpha value is -3.49. The van der Waals surface area contributed by atoms with E-state index in [0.29, 0.717) is 0 Å². The minimum absolute atomic E-state index is 0.111. The van der Waals surface area contributed by atoms with Crippen molar-refractivity contribution >= 4 is 32.2 Å². The van der Waals surface area contributed by atoms with Crippen molar-refractivity contribution in [3.63, 3.8) is 0 Å². The number of hydrogen-bond donors (Lipinski definition) is 0. The fourth-order valence-electron chi connectivity index (χ4n) is 5.87. The number of likely N-dealkylation sites (tertiary alicyclic amines) is 1. The molecule has 0 radical (unpaired) electrons. The fraction of sp³-hybridized carbons (Fsp3) is 0.312. The second kappa shape index (κ2) is 10.5. The first-order chi connectivity index (χ1) is 19.0. The van der Waals surface area contributed by atoms with Gasteiger partial charge < -0.3 is 4.90 Å². The Kier molecular flexibility index (Phi) is 7.35. The summed E-state index contributed by atoms with van der Waals surface area (Å²) in [6.07, 6.45) is 1.53. The zero-order chi connectivity index (χ0) is 28.7. The Balaban J connectivity index is 1.80. The van der Waals surface area contributed by atoms with Gasteiger partial charge in [0.1, 0.15) is 11.4 Å². The molecule has 0 spiro atoms. The van der Waals surface area contributed by atoms with Crippen LogP contribution in [0.1, 0.15) is 48.1 Å². The van der Waals surface area contributed by atoms with E-state index in [1.165, 1.54) is 11.0 Å². The van der Waals surface area contributed by atoms with E-state index in [0.717, 1.165) is 16.7 Å². The summed E-state index contributed by atoms with van der Waals surface area (Å²) in [5, 5.41) is 2.75. The van der Waals surface area contributed by atoms with Crippen LogP contribution in [0.3, 0.4) is 0 Å². The molecular weight excluding hydrogens is 533 g/mol.